The fraction of sp³-hybridized carbons (Fsp3) is 0.250. The standard InChI is InChI=1S/C32H28FN5O2S2/c1-4-28(30(39)37-32-25(16-34)23-12-13-38(2)18-29(23)42-32)41-31-26(17-35)24(20-6-5-7-21(33)14-20)15-27(36-31)19-8-10-22(40-3)11-9-19/h5-11,14-15,28H,4,12-13,18H2,1-3H3,(H,37,39). The van der Waals surface area contributed by atoms with Gasteiger partial charge in [0.2, 0.25) is 5.91 Å². The maximum Gasteiger partial charge on any atom is 0.238 e. The van der Waals surface area contributed by atoms with Crippen LogP contribution in [-0.2, 0) is 17.8 Å². The van der Waals surface area contributed by atoms with Gasteiger partial charge in [0.25, 0.3) is 0 Å². The highest BCUT2D eigenvalue weighted by atomic mass is 32.2. The summed E-state index contributed by atoms with van der Waals surface area (Å²) in [5.41, 5.74) is 4.23. The van der Waals surface area contributed by atoms with Crippen LogP contribution in [0.5, 0.6) is 5.75 Å². The molecular weight excluding hydrogens is 570 g/mol. The van der Waals surface area contributed by atoms with Gasteiger partial charge in [0.15, 0.2) is 0 Å². The zero-order chi connectivity index (χ0) is 29.8. The predicted octanol–water partition coefficient (Wildman–Crippen LogP) is 6.87. The monoisotopic (exact) mass is 597 g/mol. The Kier molecular flexibility index (Phi) is 8.89. The third-order valence-electron chi connectivity index (χ3n) is 7.13. The van der Waals surface area contributed by atoms with Crippen molar-refractivity contribution in [2.75, 3.05) is 26.0 Å². The summed E-state index contributed by atoms with van der Waals surface area (Å²) in [6.07, 6.45) is 1.23. The minimum atomic E-state index is -0.593. The topological polar surface area (TPSA) is 102 Å². The largest absolute Gasteiger partial charge is 0.497 e. The molecule has 0 aliphatic carbocycles. The average Bonchev–Trinajstić information content (AvgIpc) is 3.34. The fourth-order valence-electron chi connectivity index (χ4n) is 4.90. The average molecular weight is 598 g/mol. The summed E-state index contributed by atoms with van der Waals surface area (Å²) in [4.78, 5) is 21.7. The highest BCUT2D eigenvalue weighted by Crippen LogP contribution is 2.39. The van der Waals surface area contributed by atoms with Gasteiger partial charge in [-0.3, -0.25) is 4.79 Å². The lowest BCUT2D eigenvalue weighted by Gasteiger charge is -2.21. The van der Waals surface area contributed by atoms with E-state index in [4.69, 9.17) is 9.72 Å². The zero-order valence-electron chi connectivity index (χ0n) is 23.4. The van der Waals surface area contributed by atoms with Crippen LogP contribution in [0.1, 0.15) is 34.9 Å². The normalized spacial score (nSPS) is 13.5. The van der Waals surface area contributed by atoms with Crippen LogP contribution in [-0.4, -0.2) is 41.7 Å². The molecular formula is C32H28FN5O2S2. The van der Waals surface area contributed by atoms with Gasteiger partial charge in [-0.15, -0.1) is 11.3 Å². The molecule has 0 radical (unpaired) electrons. The molecule has 0 fully saturated rings. The van der Waals surface area contributed by atoms with E-state index in [1.165, 1.54) is 35.2 Å². The molecule has 1 unspecified atom stereocenters. The highest BCUT2D eigenvalue weighted by molar-refractivity contribution is 8.00. The Labute approximate surface area is 252 Å². The number of methoxy groups -OCH3 is 1. The molecule has 1 amide bonds. The van der Waals surface area contributed by atoms with E-state index < -0.39 is 11.1 Å². The molecule has 42 heavy (non-hydrogen) atoms. The second kappa shape index (κ2) is 12.7. The molecule has 7 nitrogen and oxygen atoms in total. The molecule has 0 saturated heterocycles. The van der Waals surface area contributed by atoms with Gasteiger partial charge in [0, 0.05) is 29.1 Å². The van der Waals surface area contributed by atoms with Crippen LogP contribution < -0.4 is 10.1 Å². The molecule has 0 saturated carbocycles. The van der Waals surface area contributed by atoms with E-state index >= 15 is 0 Å². The number of nitriles is 2. The lowest BCUT2D eigenvalue weighted by Crippen LogP contribution is -2.25. The number of aromatic nitrogens is 1. The molecule has 0 bridgehead atoms. The third-order valence-corrected chi connectivity index (χ3v) is 9.62. The van der Waals surface area contributed by atoms with Gasteiger partial charge < -0.3 is 15.0 Å². The van der Waals surface area contributed by atoms with E-state index in [-0.39, 0.29) is 11.5 Å². The highest BCUT2D eigenvalue weighted by Gasteiger charge is 2.27. The minimum Gasteiger partial charge on any atom is -0.497 e. The molecule has 3 heterocycles. The molecule has 0 spiro atoms. The van der Waals surface area contributed by atoms with Crippen LogP contribution in [0, 0.1) is 28.5 Å². The minimum absolute atomic E-state index is 0.265. The van der Waals surface area contributed by atoms with Gasteiger partial charge in [-0.2, -0.15) is 10.5 Å². The van der Waals surface area contributed by atoms with Crippen molar-refractivity contribution in [3.8, 4) is 40.3 Å². The summed E-state index contributed by atoms with van der Waals surface area (Å²) in [5.74, 6) is 0.00449. The number of thiophene rings is 1. The van der Waals surface area contributed by atoms with Crippen molar-refractivity contribution in [2.24, 2.45) is 0 Å². The van der Waals surface area contributed by atoms with Crippen molar-refractivity contribution in [1.29, 1.82) is 10.5 Å². The third kappa shape index (κ3) is 6.02. The van der Waals surface area contributed by atoms with Crippen LogP contribution in [0.2, 0.25) is 0 Å². The van der Waals surface area contributed by atoms with E-state index in [1.54, 1.807) is 25.3 Å². The number of rotatable bonds is 8. The van der Waals surface area contributed by atoms with Crippen LogP contribution >= 0.6 is 23.1 Å². The van der Waals surface area contributed by atoms with Gasteiger partial charge in [-0.25, -0.2) is 9.37 Å². The van der Waals surface area contributed by atoms with Crippen molar-refractivity contribution >= 4 is 34.0 Å². The number of halogens is 1. The van der Waals surface area contributed by atoms with Crippen molar-refractivity contribution in [1.82, 2.24) is 9.88 Å². The quantitative estimate of drug-likeness (QED) is 0.221. The molecule has 1 N–H and O–H groups in total. The first-order valence-corrected chi connectivity index (χ1v) is 15.1. The summed E-state index contributed by atoms with van der Waals surface area (Å²) in [6.45, 7) is 3.50. The number of benzene rings is 2. The second-order valence-electron chi connectivity index (χ2n) is 9.90. The van der Waals surface area contributed by atoms with Gasteiger partial charge >= 0.3 is 0 Å². The number of carbonyl (C=O) groups excluding carboxylic acids is 1. The smallest absolute Gasteiger partial charge is 0.238 e. The molecule has 4 aromatic rings. The van der Waals surface area contributed by atoms with Crippen LogP contribution in [0.15, 0.2) is 59.6 Å². The number of fused-ring (bicyclic) bond motifs is 1. The summed E-state index contributed by atoms with van der Waals surface area (Å²) in [7, 11) is 3.62. The number of nitrogens with zero attached hydrogens (tertiary/aromatic N) is 4. The van der Waals surface area contributed by atoms with Gasteiger partial charge in [-0.05, 0) is 73.5 Å². The van der Waals surface area contributed by atoms with E-state index in [1.807, 2.05) is 38.2 Å². The molecule has 10 heteroatoms. The fourth-order valence-corrected chi connectivity index (χ4v) is 7.20. The molecule has 2 aromatic carbocycles. The Morgan fingerprint density at radius 3 is 2.60 bits per heavy atom. The number of thioether (sulfide) groups is 1. The number of ether oxygens (including phenoxy) is 1. The first-order valence-electron chi connectivity index (χ1n) is 13.4. The van der Waals surface area contributed by atoms with Crippen molar-refractivity contribution in [2.45, 2.75) is 36.6 Å². The summed E-state index contributed by atoms with van der Waals surface area (Å²) < 4.78 is 19.5. The molecule has 212 valence electrons. The van der Waals surface area contributed by atoms with Gasteiger partial charge in [-0.1, -0.05) is 30.8 Å². The number of likely N-dealkylation sites (N-methyl/N-ethyl adjacent to an activating group) is 1. The van der Waals surface area contributed by atoms with Crippen molar-refractivity contribution in [3.63, 3.8) is 0 Å². The number of hydrogen-bond acceptors (Lipinski definition) is 8. The number of hydrogen-bond donors (Lipinski definition) is 1. The molecule has 5 rings (SSSR count). The lowest BCUT2D eigenvalue weighted by molar-refractivity contribution is -0.115. The van der Waals surface area contributed by atoms with E-state index in [2.05, 4.69) is 22.4 Å². The molecule has 2 aromatic heterocycles. The molecule has 1 atom stereocenters. The van der Waals surface area contributed by atoms with Crippen LogP contribution in [0.4, 0.5) is 9.39 Å². The van der Waals surface area contributed by atoms with Crippen molar-refractivity contribution in [3.05, 3.63) is 82.0 Å². The van der Waals surface area contributed by atoms with E-state index in [0.717, 1.165) is 35.5 Å². The number of carbonyl (C=O) groups is 1. The Hall–Kier alpha value is -4.22. The van der Waals surface area contributed by atoms with Crippen LogP contribution in [0.3, 0.4) is 0 Å². The van der Waals surface area contributed by atoms with Crippen molar-refractivity contribution < 1.29 is 13.9 Å². The number of amides is 1. The Morgan fingerprint density at radius 2 is 1.93 bits per heavy atom. The summed E-state index contributed by atoms with van der Waals surface area (Å²) >= 11 is 2.64. The number of anilines is 1. The molecule has 1 aliphatic heterocycles. The number of pyridine rings is 1. The van der Waals surface area contributed by atoms with E-state index in [9.17, 15) is 19.7 Å². The maximum atomic E-state index is 14.2. The first kappa shape index (κ1) is 29.3. The van der Waals surface area contributed by atoms with Gasteiger partial charge in [0.1, 0.15) is 33.7 Å². The van der Waals surface area contributed by atoms with E-state index in [0.29, 0.717) is 44.6 Å². The Balaban J connectivity index is 1.52. The number of nitrogens with one attached hydrogen (secondary N) is 1. The molecule has 1 aliphatic rings. The predicted molar refractivity (Wildman–Crippen MR) is 164 cm³/mol. The SMILES string of the molecule is CCC(Sc1nc(-c2ccc(OC)cc2)cc(-c2cccc(F)c2)c1C#N)C(=O)Nc1sc2c(c1C#N)CCN(C)C2. The maximum absolute atomic E-state index is 14.2. The summed E-state index contributed by atoms with van der Waals surface area (Å²) in [5, 5.41) is 23.5. The van der Waals surface area contributed by atoms with Gasteiger partial charge in [0.05, 0.1) is 29.2 Å². The zero-order valence-corrected chi connectivity index (χ0v) is 25.0. The second-order valence-corrected chi connectivity index (χ2v) is 12.2. The Morgan fingerprint density at radius 1 is 1.17 bits per heavy atom. The summed E-state index contributed by atoms with van der Waals surface area (Å²) in [6, 6.07) is 19.7. The first-order chi connectivity index (χ1) is 20.3. The lowest BCUT2D eigenvalue weighted by atomic mass is 9.99. The Bertz CT molecular complexity index is 1720. The van der Waals surface area contributed by atoms with Crippen LogP contribution in [0.25, 0.3) is 22.4 Å².